The highest BCUT2D eigenvalue weighted by Crippen LogP contribution is 2.28. The van der Waals surface area contributed by atoms with Gasteiger partial charge in [-0.1, -0.05) is 24.3 Å². The first-order valence-corrected chi connectivity index (χ1v) is 8.36. The number of nitrogens with zero attached hydrogens (tertiary/aromatic N) is 2. The molecular weight excluding hydrogens is 318 g/mol. The Balaban J connectivity index is 1.54. The summed E-state index contributed by atoms with van der Waals surface area (Å²) in [6, 6.07) is 14.9. The van der Waals surface area contributed by atoms with Crippen molar-refractivity contribution >= 4 is 17.7 Å². The SMILES string of the molecule is O=C(O)c1ccc(-c2ccc(N3C[C@@H]4CNCCN4C3=O)cc2)cc1. The molecule has 0 aromatic heterocycles. The number of piperazine rings is 1. The molecule has 4 rings (SSSR count). The van der Waals surface area contributed by atoms with Gasteiger partial charge in [-0.2, -0.15) is 0 Å². The summed E-state index contributed by atoms with van der Waals surface area (Å²) in [4.78, 5) is 27.3. The number of carboxylic acids is 1. The van der Waals surface area contributed by atoms with Gasteiger partial charge in [-0.3, -0.25) is 4.90 Å². The maximum atomic E-state index is 12.6. The molecule has 0 radical (unpaired) electrons. The van der Waals surface area contributed by atoms with Gasteiger partial charge in [-0.15, -0.1) is 0 Å². The van der Waals surface area contributed by atoms with Crippen molar-refractivity contribution in [1.29, 1.82) is 0 Å². The lowest BCUT2D eigenvalue weighted by molar-refractivity contribution is 0.0697. The molecule has 6 nitrogen and oxygen atoms in total. The van der Waals surface area contributed by atoms with E-state index < -0.39 is 5.97 Å². The minimum atomic E-state index is -0.930. The highest BCUT2D eigenvalue weighted by atomic mass is 16.4. The van der Waals surface area contributed by atoms with E-state index >= 15 is 0 Å². The fraction of sp³-hybridized carbons (Fsp3) is 0.263. The minimum Gasteiger partial charge on any atom is -0.478 e. The molecule has 2 fully saturated rings. The summed E-state index contributed by atoms with van der Waals surface area (Å²) < 4.78 is 0. The van der Waals surface area contributed by atoms with Crippen LogP contribution >= 0.6 is 0 Å². The molecule has 2 aromatic carbocycles. The fourth-order valence-corrected chi connectivity index (χ4v) is 3.47. The van der Waals surface area contributed by atoms with E-state index in [1.54, 1.807) is 24.3 Å². The Labute approximate surface area is 145 Å². The molecule has 128 valence electrons. The van der Waals surface area contributed by atoms with Crippen LogP contribution in [-0.2, 0) is 0 Å². The summed E-state index contributed by atoms with van der Waals surface area (Å²) in [5.41, 5.74) is 3.11. The second kappa shape index (κ2) is 6.22. The van der Waals surface area contributed by atoms with Crippen molar-refractivity contribution in [1.82, 2.24) is 10.2 Å². The van der Waals surface area contributed by atoms with Gasteiger partial charge < -0.3 is 15.3 Å². The number of carboxylic acid groups (broad SMARTS) is 1. The first-order valence-electron chi connectivity index (χ1n) is 8.36. The minimum absolute atomic E-state index is 0.0741. The number of anilines is 1. The van der Waals surface area contributed by atoms with Crippen LogP contribution in [0.3, 0.4) is 0 Å². The third kappa shape index (κ3) is 2.85. The normalized spacial score (nSPS) is 19.8. The number of carbonyl (C=O) groups is 2. The van der Waals surface area contributed by atoms with Crippen molar-refractivity contribution in [2.75, 3.05) is 31.1 Å². The molecule has 2 aliphatic heterocycles. The lowest BCUT2D eigenvalue weighted by atomic mass is 10.0. The molecule has 2 amide bonds. The van der Waals surface area contributed by atoms with Crippen LogP contribution in [0.2, 0.25) is 0 Å². The predicted molar refractivity (Wildman–Crippen MR) is 94.9 cm³/mol. The first kappa shape index (κ1) is 15.7. The Kier molecular flexibility index (Phi) is 3.89. The molecule has 2 saturated heterocycles. The molecule has 1 atom stereocenters. The monoisotopic (exact) mass is 337 g/mol. The largest absolute Gasteiger partial charge is 0.478 e. The van der Waals surface area contributed by atoms with E-state index in [1.807, 2.05) is 34.1 Å². The van der Waals surface area contributed by atoms with E-state index in [2.05, 4.69) is 5.32 Å². The number of amides is 2. The second-order valence-corrected chi connectivity index (χ2v) is 6.37. The molecule has 2 aromatic rings. The van der Waals surface area contributed by atoms with Crippen LogP contribution < -0.4 is 10.2 Å². The van der Waals surface area contributed by atoms with Crippen molar-refractivity contribution in [3.05, 3.63) is 54.1 Å². The van der Waals surface area contributed by atoms with Gasteiger partial charge in [-0.25, -0.2) is 9.59 Å². The Bertz CT molecular complexity index is 802. The molecule has 2 N–H and O–H groups in total. The topological polar surface area (TPSA) is 72.9 Å². The summed E-state index contributed by atoms with van der Waals surface area (Å²) in [5.74, 6) is -0.930. The summed E-state index contributed by atoms with van der Waals surface area (Å²) in [5, 5.41) is 12.3. The van der Waals surface area contributed by atoms with E-state index in [0.717, 1.165) is 36.4 Å². The van der Waals surface area contributed by atoms with Crippen LogP contribution in [0.1, 0.15) is 10.4 Å². The number of urea groups is 1. The Morgan fingerprint density at radius 2 is 1.68 bits per heavy atom. The number of hydrogen-bond donors (Lipinski definition) is 2. The van der Waals surface area contributed by atoms with Gasteiger partial charge in [0.2, 0.25) is 0 Å². The molecule has 25 heavy (non-hydrogen) atoms. The molecule has 0 spiro atoms. The number of nitrogens with one attached hydrogen (secondary N) is 1. The van der Waals surface area contributed by atoms with Gasteiger partial charge in [0.25, 0.3) is 0 Å². The number of benzene rings is 2. The van der Waals surface area contributed by atoms with E-state index in [9.17, 15) is 9.59 Å². The predicted octanol–water partition coefficient (Wildman–Crippen LogP) is 2.27. The highest BCUT2D eigenvalue weighted by molar-refractivity contribution is 5.95. The van der Waals surface area contributed by atoms with Crippen LogP contribution in [0.25, 0.3) is 11.1 Å². The molecular formula is C19H19N3O3. The molecule has 2 aliphatic rings. The zero-order chi connectivity index (χ0) is 17.4. The molecule has 0 bridgehead atoms. The average molecular weight is 337 g/mol. The zero-order valence-electron chi connectivity index (χ0n) is 13.7. The molecule has 2 heterocycles. The lowest BCUT2D eigenvalue weighted by Crippen LogP contribution is -2.49. The standard InChI is InChI=1S/C19H19N3O3/c23-18(24)15-3-1-13(2-4-15)14-5-7-16(8-6-14)22-12-17-11-20-9-10-21(17)19(22)25/h1-8,17,20H,9-12H2,(H,23,24)/t17-/m0/s1. The number of carbonyl (C=O) groups excluding carboxylic acids is 1. The fourth-order valence-electron chi connectivity index (χ4n) is 3.47. The van der Waals surface area contributed by atoms with E-state index in [1.165, 1.54) is 0 Å². The number of rotatable bonds is 3. The summed E-state index contributed by atoms with van der Waals surface area (Å²) in [6.45, 7) is 3.16. The van der Waals surface area contributed by atoms with Crippen molar-refractivity contribution in [3.63, 3.8) is 0 Å². The molecule has 0 saturated carbocycles. The smallest absolute Gasteiger partial charge is 0.335 e. The molecule has 6 heteroatoms. The second-order valence-electron chi connectivity index (χ2n) is 6.37. The van der Waals surface area contributed by atoms with Crippen LogP contribution in [0, 0.1) is 0 Å². The van der Waals surface area contributed by atoms with Crippen molar-refractivity contribution in [2.45, 2.75) is 6.04 Å². The van der Waals surface area contributed by atoms with Crippen molar-refractivity contribution in [2.24, 2.45) is 0 Å². The van der Waals surface area contributed by atoms with Crippen LogP contribution in [0.15, 0.2) is 48.5 Å². The van der Waals surface area contributed by atoms with E-state index in [4.69, 9.17) is 5.11 Å². The maximum Gasteiger partial charge on any atom is 0.335 e. The third-order valence-corrected chi connectivity index (χ3v) is 4.86. The van der Waals surface area contributed by atoms with Crippen LogP contribution in [0.4, 0.5) is 10.5 Å². The molecule has 0 unspecified atom stereocenters. The van der Waals surface area contributed by atoms with Gasteiger partial charge in [-0.05, 0) is 35.4 Å². The average Bonchev–Trinajstić information content (AvgIpc) is 2.99. The van der Waals surface area contributed by atoms with Gasteiger partial charge in [0.1, 0.15) is 0 Å². The van der Waals surface area contributed by atoms with Gasteiger partial charge in [0, 0.05) is 31.9 Å². The van der Waals surface area contributed by atoms with Crippen molar-refractivity contribution in [3.8, 4) is 11.1 Å². The van der Waals surface area contributed by atoms with Gasteiger partial charge in [0.05, 0.1) is 11.6 Å². The summed E-state index contributed by atoms with van der Waals surface area (Å²) >= 11 is 0. The van der Waals surface area contributed by atoms with E-state index in [-0.39, 0.29) is 17.6 Å². The van der Waals surface area contributed by atoms with Gasteiger partial charge >= 0.3 is 12.0 Å². The molecule has 0 aliphatic carbocycles. The number of fused-ring (bicyclic) bond motifs is 1. The van der Waals surface area contributed by atoms with Crippen LogP contribution in [-0.4, -0.2) is 54.2 Å². The maximum absolute atomic E-state index is 12.6. The zero-order valence-corrected chi connectivity index (χ0v) is 13.7. The third-order valence-electron chi connectivity index (χ3n) is 4.86. The summed E-state index contributed by atoms with van der Waals surface area (Å²) in [7, 11) is 0. The number of hydrogen-bond acceptors (Lipinski definition) is 3. The number of aromatic carboxylic acids is 1. The van der Waals surface area contributed by atoms with Crippen molar-refractivity contribution < 1.29 is 14.7 Å². The van der Waals surface area contributed by atoms with Gasteiger partial charge in [0.15, 0.2) is 0 Å². The quantitative estimate of drug-likeness (QED) is 0.901. The Morgan fingerprint density at radius 1 is 1.04 bits per heavy atom. The lowest BCUT2D eigenvalue weighted by Gasteiger charge is -2.28. The Morgan fingerprint density at radius 3 is 2.28 bits per heavy atom. The van der Waals surface area contributed by atoms with E-state index in [0.29, 0.717) is 6.54 Å². The first-order chi connectivity index (χ1) is 12.1. The highest BCUT2D eigenvalue weighted by Gasteiger charge is 2.38. The summed E-state index contributed by atoms with van der Waals surface area (Å²) in [6.07, 6.45) is 0. The van der Waals surface area contributed by atoms with Crippen LogP contribution in [0.5, 0.6) is 0 Å². The Hall–Kier alpha value is -2.86.